The molecule has 2 aromatic heterocycles. The number of allylic oxidation sites excluding steroid dienone is 1. The number of hydrogen-bond acceptors (Lipinski definition) is 6. The van der Waals surface area contributed by atoms with Gasteiger partial charge >= 0.3 is 5.97 Å². The molecule has 0 saturated carbocycles. The van der Waals surface area contributed by atoms with E-state index in [1.54, 1.807) is 19.9 Å². The van der Waals surface area contributed by atoms with Crippen LogP contribution < -0.4 is 0 Å². The minimum Gasteiger partial charge on any atom is -0.462 e. The Balaban J connectivity index is 1.96. The van der Waals surface area contributed by atoms with Gasteiger partial charge < -0.3 is 9.30 Å². The molecule has 9 heteroatoms. The molecule has 3 aromatic rings. The fourth-order valence-corrected chi connectivity index (χ4v) is 5.09. The molecule has 0 saturated heterocycles. The van der Waals surface area contributed by atoms with Gasteiger partial charge in [-0.05, 0) is 69.2 Å². The zero-order valence-electron chi connectivity index (χ0n) is 19.5. The first kappa shape index (κ1) is 25.9. The number of carbonyl (C=O) groups is 2. The molecule has 0 bridgehead atoms. The van der Waals surface area contributed by atoms with Gasteiger partial charge in [0.25, 0.3) is 0 Å². The summed E-state index contributed by atoms with van der Waals surface area (Å²) in [5.74, 6) is -1.55. The number of ketones is 1. The number of Topliss-reactive ketones (excluding diaryl/α,β-unsaturated/α-hetero) is 1. The molecule has 0 N–H and O–H groups in total. The lowest BCUT2D eigenvalue weighted by atomic mass is 10.0. The summed E-state index contributed by atoms with van der Waals surface area (Å²) in [4.78, 5) is 25.9. The molecular weight excluding hydrogens is 489 g/mol. The van der Waals surface area contributed by atoms with Crippen LogP contribution in [0.2, 0.25) is 5.02 Å². The van der Waals surface area contributed by atoms with Crippen LogP contribution in [0.25, 0.3) is 11.8 Å². The smallest absolute Gasteiger partial charge is 0.348 e. The van der Waals surface area contributed by atoms with E-state index in [4.69, 9.17) is 16.3 Å². The van der Waals surface area contributed by atoms with Gasteiger partial charge in [-0.25, -0.2) is 9.18 Å². The summed E-state index contributed by atoms with van der Waals surface area (Å²) in [6.45, 7) is 7.17. The van der Waals surface area contributed by atoms with E-state index in [1.165, 1.54) is 18.2 Å². The van der Waals surface area contributed by atoms with E-state index in [-0.39, 0.29) is 34.1 Å². The van der Waals surface area contributed by atoms with Crippen molar-refractivity contribution >= 4 is 40.8 Å². The Morgan fingerprint density at radius 2 is 1.94 bits per heavy atom. The maximum atomic E-state index is 13.6. The van der Waals surface area contributed by atoms with Crippen molar-refractivity contribution in [2.24, 2.45) is 0 Å². The number of nitriles is 2. The Labute approximate surface area is 211 Å². The zero-order chi connectivity index (χ0) is 25.9. The predicted molar refractivity (Wildman–Crippen MR) is 132 cm³/mol. The van der Waals surface area contributed by atoms with E-state index < -0.39 is 17.6 Å². The summed E-state index contributed by atoms with van der Waals surface area (Å²) in [5, 5.41) is 19.2. The van der Waals surface area contributed by atoms with Crippen molar-refractivity contribution < 1.29 is 18.7 Å². The summed E-state index contributed by atoms with van der Waals surface area (Å²) in [7, 11) is 0. The Morgan fingerprint density at radius 1 is 1.23 bits per heavy atom. The second-order valence-electron chi connectivity index (χ2n) is 7.72. The van der Waals surface area contributed by atoms with Crippen LogP contribution in [0.4, 0.5) is 4.39 Å². The number of halogens is 2. The van der Waals surface area contributed by atoms with Gasteiger partial charge in [-0.3, -0.25) is 4.79 Å². The Hall–Kier alpha value is -3.72. The Kier molecular flexibility index (Phi) is 7.91. The second kappa shape index (κ2) is 10.7. The van der Waals surface area contributed by atoms with Crippen LogP contribution in [-0.2, 0) is 16.0 Å². The first-order valence-electron chi connectivity index (χ1n) is 10.6. The average Bonchev–Trinajstić information content (AvgIpc) is 3.28. The van der Waals surface area contributed by atoms with Gasteiger partial charge in [0, 0.05) is 28.4 Å². The van der Waals surface area contributed by atoms with Crippen molar-refractivity contribution in [3.8, 4) is 17.8 Å². The third-order valence-corrected chi connectivity index (χ3v) is 7.03. The van der Waals surface area contributed by atoms with Crippen LogP contribution in [0.1, 0.15) is 49.6 Å². The molecule has 178 valence electrons. The highest BCUT2D eigenvalue weighted by atomic mass is 35.5. The van der Waals surface area contributed by atoms with Gasteiger partial charge in [-0.15, -0.1) is 11.3 Å². The van der Waals surface area contributed by atoms with Crippen LogP contribution in [0.15, 0.2) is 29.8 Å². The zero-order valence-corrected chi connectivity index (χ0v) is 21.1. The van der Waals surface area contributed by atoms with E-state index >= 15 is 0 Å². The first-order valence-corrected chi connectivity index (χ1v) is 11.8. The van der Waals surface area contributed by atoms with Crippen molar-refractivity contribution in [2.75, 3.05) is 6.61 Å². The first-order chi connectivity index (χ1) is 16.6. The molecule has 35 heavy (non-hydrogen) atoms. The van der Waals surface area contributed by atoms with Crippen LogP contribution in [0, 0.1) is 49.3 Å². The molecular formula is C26H21ClFN3O3S. The molecule has 0 spiro atoms. The van der Waals surface area contributed by atoms with Crippen molar-refractivity contribution in [1.82, 2.24) is 4.57 Å². The van der Waals surface area contributed by atoms with Crippen molar-refractivity contribution in [1.29, 1.82) is 10.5 Å². The van der Waals surface area contributed by atoms with E-state index in [2.05, 4.69) is 0 Å². The molecule has 6 nitrogen and oxygen atoms in total. The van der Waals surface area contributed by atoms with Crippen molar-refractivity contribution in [3.05, 3.63) is 78.5 Å². The molecule has 0 aliphatic rings. The topological polar surface area (TPSA) is 95.9 Å². The van der Waals surface area contributed by atoms with Crippen LogP contribution in [0.3, 0.4) is 0 Å². The molecule has 0 radical (unpaired) electrons. The van der Waals surface area contributed by atoms with Gasteiger partial charge in [0.2, 0.25) is 0 Å². The highest BCUT2D eigenvalue weighted by molar-refractivity contribution is 7.14. The number of benzene rings is 1. The number of thiophene rings is 1. The number of nitrogens with zero attached hydrogens (tertiary/aromatic N) is 3. The number of hydrogen-bond donors (Lipinski definition) is 0. The number of ether oxygens (including phenoxy) is 1. The van der Waals surface area contributed by atoms with Crippen LogP contribution >= 0.6 is 22.9 Å². The third-order valence-electron chi connectivity index (χ3n) is 5.47. The summed E-state index contributed by atoms with van der Waals surface area (Å²) < 4.78 is 20.5. The third kappa shape index (κ3) is 5.19. The molecule has 0 amide bonds. The van der Waals surface area contributed by atoms with Crippen LogP contribution in [0.5, 0.6) is 0 Å². The lowest BCUT2D eigenvalue weighted by Gasteiger charge is -2.10. The average molecular weight is 510 g/mol. The van der Waals surface area contributed by atoms with E-state index in [0.29, 0.717) is 21.7 Å². The number of rotatable bonds is 7. The largest absolute Gasteiger partial charge is 0.462 e. The normalized spacial score (nSPS) is 11.1. The van der Waals surface area contributed by atoms with Crippen LogP contribution in [-0.4, -0.2) is 22.9 Å². The Bertz CT molecular complexity index is 1450. The molecule has 0 unspecified atom stereocenters. The lowest BCUT2D eigenvalue weighted by molar-refractivity contribution is -0.114. The minimum atomic E-state index is -0.547. The van der Waals surface area contributed by atoms with E-state index in [9.17, 15) is 24.5 Å². The summed E-state index contributed by atoms with van der Waals surface area (Å²) >= 11 is 6.97. The number of esters is 1. The number of aromatic nitrogens is 1. The number of aryl methyl sites for hydroxylation is 1. The van der Waals surface area contributed by atoms with Gasteiger partial charge in [0.15, 0.2) is 5.78 Å². The quantitative estimate of drug-likeness (QED) is 0.220. The van der Waals surface area contributed by atoms with Gasteiger partial charge in [0.1, 0.15) is 22.8 Å². The predicted octanol–water partition coefficient (Wildman–Crippen LogP) is 6.02. The second-order valence-corrected chi connectivity index (χ2v) is 9.23. The maximum Gasteiger partial charge on any atom is 0.348 e. The molecule has 2 heterocycles. The van der Waals surface area contributed by atoms with Gasteiger partial charge in [-0.1, -0.05) is 11.6 Å². The molecule has 0 fully saturated rings. The van der Waals surface area contributed by atoms with Gasteiger partial charge in [0.05, 0.1) is 22.8 Å². The Morgan fingerprint density at radius 3 is 2.54 bits per heavy atom. The molecule has 0 atom stereocenters. The van der Waals surface area contributed by atoms with Gasteiger partial charge in [-0.2, -0.15) is 10.5 Å². The fraction of sp³-hybridized carbons (Fsp3) is 0.231. The molecule has 1 aromatic carbocycles. The summed E-state index contributed by atoms with van der Waals surface area (Å²) in [6, 6.07) is 10.2. The highest BCUT2D eigenvalue weighted by Crippen LogP contribution is 2.30. The highest BCUT2D eigenvalue weighted by Gasteiger charge is 2.24. The standard InChI is InChI=1S/C26H21ClFN3O3S/c1-5-34-26(33)25-15(3)20(13-30)24(35-25)11-23(32)18(12-29)9-17-8-14(2)31(16(17)4)19-6-7-22(28)21(27)10-19/h6-10H,5,11H2,1-4H3/b18-9+. The van der Waals surface area contributed by atoms with Crippen molar-refractivity contribution in [3.63, 3.8) is 0 Å². The number of carbonyl (C=O) groups excluding carboxylic acids is 2. The summed E-state index contributed by atoms with van der Waals surface area (Å²) in [5.41, 5.74) is 3.45. The van der Waals surface area contributed by atoms with Crippen molar-refractivity contribution in [2.45, 2.75) is 34.1 Å². The van der Waals surface area contributed by atoms with E-state index in [1.807, 2.05) is 36.6 Å². The van der Waals surface area contributed by atoms with E-state index in [0.717, 1.165) is 22.7 Å². The summed E-state index contributed by atoms with van der Waals surface area (Å²) in [6.07, 6.45) is 1.30. The molecule has 0 aliphatic heterocycles. The maximum absolute atomic E-state index is 13.6. The minimum absolute atomic E-state index is 0.0123. The monoisotopic (exact) mass is 509 g/mol. The molecule has 3 rings (SSSR count). The molecule has 0 aliphatic carbocycles. The lowest BCUT2D eigenvalue weighted by Crippen LogP contribution is -2.05. The fourth-order valence-electron chi connectivity index (χ4n) is 3.76. The SMILES string of the molecule is CCOC(=O)c1sc(CC(=O)/C(C#N)=C/c2cc(C)n(-c3ccc(F)c(Cl)c3)c2C)c(C#N)c1C.